The molecule has 1 heterocycles. The number of nitrogens with zero attached hydrogens (tertiary/aromatic N) is 2. The summed E-state index contributed by atoms with van der Waals surface area (Å²) in [6.45, 7) is -0.232. The quantitative estimate of drug-likeness (QED) is 0.616. The van der Waals surface area contributed by atoms with Crippen LogP contribution in [0.25, 0.3) is 0 Å². The second-order valence-corrected chi connectivity index (χ2v) is 6.11. The number of esters is 1. The summed E-state index contributed by atoms with van der Waals surface area (Å²) in [7, 11) is 0. The molecular formula is C18H19N5O4. The summed E-state index contributed by atoms with van der Waals surface area (Å²) in [4.78, 5) is 43.0. The maximum atomic E-state index is 11.9. The number of carbonyl (C=O) groups is 3. The maximum absolute atomic E-state index is 11.9. The number of amides is 2. The zero-order valence-corrected chi connectivity index (χ0v) is 14.5. The van der Waals surface area contributed by atoms with Crippen LogP contribution in [0, 0.1) is 5.92 Å². The van der Waals surface area contributed by atoms with E-state index in [2.05, 4.69) is 20.6 Å². The molecule has 9 nitrogen and oxygen atoms in total. The molecule has 27 heavy (non-hydrogen) atoms. The fourth-order valence-electron chi connectivity index (χ4n) is 2.31. The SMILES string of the molecule is Nc1nccnc1C(=O)OCC(=O)NCc1cccc(NC(=O)C2CC2)c1. The van der Waals surface area contributed by atoms with Gasteiger partial charge in [0.25, 0.3) is 5.91 Å². The van der Waals surface area contributed by atoms with Gasteiger partial charge in [0.05, 0.1) is 0 Å². The van der Waals surface area contributed by atoms with E-state index in [1.165, 1.54) is 12.4 Å². The molecule has 0 aliphatic heterocycles. The summed E-state index contributed by atoms with van der Waals surface area (Å²) in [5, 5.41) is 5.49. The number of ether oxygens (including phenoxy) is 1. The highest BCUT2D eigenvalue weighted by molar-refractivity contribution is 5.94. The first-order valence-corrected chi connectivity index (χ1v) is 8.43. The van der Waals surface area contributed by atoms with Crippen LogP contribution in [-0.4, -0.2) is 34.4 Å². The molecule has 1 fully saturated rings. The predicted molar refractivity (Wildman–Crippen MR) is 96.4 cm³/mol. The van der Waals surface area contributed by atoms with Gasteiger partial charge < -0.3 is 21.1 Å². The maximum Gasteiger partial charge on any atom is 0.361 e. The van der Waals surface area contributed by atoms with Crippen LogP contribution < -0.4 is 16.4 Å². The van der Waals surface area contributed by atoms with Gasteiger partial charge in [-0.25, -0.2) is 14.8 Å². The number of carbonyl (C=O) groups excluding carboxylic acids is 3. The molecule has 1 aliphatic rings. The number of rotatable bonds is 7. The van der Waals surface area contributed by atoms with E-state index in [-0.39, 0.29) is 29.9 Å². The van der Waals surface area contributed by atoms with Crippen molar-refractivity contribution < 1.29 is 19.1 Å². The molecule has 0 bridgehead atoms. The number of benzene rings is 1. The summed E-state index contributed by atoms with van der Waals surface area (Å²) in [6.07, 6.45) is 4.52. The van der Waals surface area contributed by atoms with Gasteiger partial charge in [-0.15, -0.1) is 0 Å². The van der Waals surface area contributed by atoms with Crippen molar-refractivity contribution in [3.05, 3.63) is 47.9 Å². The Morgan fingerprint density at radius 2 is 1.96 bits per heavy atom. The topological polar surface area (TPSA) is 136 Å². The molecule has 0 spiro atoms. The van der Waals surface area contributed by atoms with Crippen LogP contribution in [0.4, 0.5) is 11.5 Å². The van der Waals surface area contributed by atoms with Crippen LogP contribution in [-0.2, 0) is 20.9 Å². The van der Waals surface area contributed by atoms with E-state index in [1.54, 1.807) is 18.2 Å². The summed E-state index contributed by atoms with van der Waals surface area (Å²) < 4.78 is 4.88. The standard InChI is InChI=1S/C18H19N5O4/c19-16-15(20-6-7-21-16)18(26)27-10-14(24)22-9-11-2-1-3-13(8-11)23-17(25)12-4-5-12/h1-3,6-8,12H,4-5,9-10H2,(H2,19,21)(H,22,24)(H,23,25). The zero-order valence-electron chi connectivity index (χ0n) is 14.5. The van der Waals surface area contributed by atoms with Crippen molar-refractivity contribution in [2.24, 2.45) is 5.92 Å². The molecule has 1 aliphatic carbocycles. The van der Waals surface area contributed by atoms with Gasteiger partial charge in [-0.1, -0.05) is 12.1 Å². The molecule has 1 saturated carbocycles. The van der Waals surface area contributed by atoms with Gasteiger partial charge in [0.15, 0.2) is 18.1 Å². The van der Waals surface area contributed by atoms with Gasteiger partial charge in [-0.05, 0) is 30.5 Å². The van der Waals surface area contributed by atoms with Crippen molar-refractivity contribution in [2.45, 2.75) is 19.4 Å². The molecule has 2 aromatic rings. The lowest BCUT2D eigenvalue weighted by atomic mass is 10.2. The number of nitrogen functional groups attached to an aromatic ring is 1. The number of hydrogen-bond acceptors (Lipinski definition) is 7. The minimum atomic E-state index is -0.819. The highest BCUT2D eigenvalue weighted by atomic mass is 16.5. The van der Waals surface area contributed by atoms with Crippen LogP contribution in [0.3, 0.4) is 0 Å². The molecular weight excluding hydrogens is 350 g/mol. The van der Waals surface area contributed by atoms with Gasteiger partial charge in [-0.2, -0.15) is 0 Å². The Kier molecular flexibility index (Phi) is 5.60. The highest BCUT2D eigenvalue weighted by Crippen LogP contribution is 2.30. The van der Waals surface area contributed by atoms with Crippen molar-refractivity contribution in [2.75, 3.05) is 17.7 Å². The van der Waals surface area contributed by atoms with Crippen LogP contribution in [0.2, 0.25) is 0 Å². The number of hydrogen-bond donors (Lipinski definition) is 3. The smallest absolute Gasteiger partial charge is 0.361 e. The van der Waals surface area contributed by atoms with E-state index in [4.69, 9.17) is 10.5 Å². The predicted octanol–water partition coefficient (Wildman–Crippen LogP) is 0.880. The Morgan fingerprint density at radius 3 is 2.70 bits per heavy atom. The number of nitrogens with one attached hydrogen (secondary N) is 2. The van der Waals surface area contributed by atoms with Crippen molar-refractivity contribution in [3.63, 3.8) is 0 Å². The molecule has 0 saturated heterocycles. The monoisotopic (exact) mass is 369 g/mol. The molecule has 0 atom stereocenters. The first-order valence-electron chi connectivity index (χ1n) is 8.43. The molecule has 4 N–H and O–H groups in total. The second-order valence-electron chi connectivity index (χ2n) is 6.11. The molecule has 2 amide bonds. The number of aromatic nitrogens is 2. The van der Waals surface area contributed by atoms with Crippen LogP contribution in [0.5, 0.6) is 0 Å². The molecule has 0 radical (unpaired) electrons. The number of anilines is 2. The third-order valence-corrected chi connectivity index (χ3v) is 3.89. The van der Waals surface area contributed by atoms with E-state index < -0.39 is 18.5 Å². The third-order valence-electron chi connectivity index (χ3n) is 3.89. The van der Waals surface area contributed by atoms with Crippen LogP contribution in [0.1, 0.15) is 28.9 Å². The summed E-state index contributed by atoms with van der Waals surface area (Å²) in [5.74, 6) is -1.22. The molecule has 1 aromatic carbocycles. The van der Waals surface area contributed by atoms with Crippen LogP contribution in [0.15, 0.2) is 36.7 Å². The van der Waals surface area contributed by atoms with E-state index >= 15 is 0 Å². The summed E-state index contributed by atoms with van der Waals surface area (Å²) in [5.41, 5.74) is 6.88. The Balaban J connectivity index is 1.45. The van der Waals surface area contributed by atoms with E-state index in [0.29, 0.717) is 5.69 Å². The molecule has 140 valence electrons. The normalized spacial score (nSPS) is 12.9. The van der Waals surface area contributed by atoms with E-state index in [9.17, 15) is 14.4 Å². The van der Waals surface area contributed by atoms with Gasteiger partial charge in [0.1, 0.15) is 0 Å². The Bertz CT molecular complexity index is 866. The summed E-state index contributed by atoms with van der Waals surface area (Å²) in [6, 6.07) is 7.19. The average Bonchev–Trinajstić information content (AvgIpc) is 3.50. The first-order chi connectivity index (χ1) is 13.0. The Hall–Kier alpha value is -3.49. The number of nitrogens with two attached hydrogens (primary N) is 1. The average molecular weight is 369 g/mol. The Labute approximate surface area is 155 Å². The minimum Gasteiger partial charge on any atom is -0.451 e. The van der Waals surface area contributed by atoms with E-state index in [0.717, 1.165) is 18.4 Å². The van der Waals surface area contributed by atoms with Crippen molar-refractivity contribution in [1.82, 2.24) is 15.3 Å². The van der Waals surface area contributed by atoms with Crippen LogP contribution >= 0.6 is 0 Å². The fraction of sp³-hybridized carbons (Fsp3) is 0.278. The van der Waals surface area contributed by atoms with Gasteiger partial charge in [0, 0.05) is 30.5 Å². The lowest BCUT2D eigenvalue weighted by Gasteiger charge is -2.09. The van der Waals surface area contributed by atoms with E-state index in [1.807, 2.05) is 6.07 Å². The largest absolute Gasteiger partial charge is 0.451 e. The molecule has 3 rings (SSSR count). The lowest BCUT2D eigenvalue weighted by molar-refractivity contribution is -0.124. The Morgan fingerprint density at radius 1 is 1.19 bits per heavy atom. The van der Waals surface area contributed by atoms with Gasteiger partial charge in [0.2, 0.25) is 5.91 Å². The molecule has 9 heteroatoms. The third kappa shape index (κ3) is 5.24. The zero-order chi connectivity index (χ0) is 19.2. The molecule has 1 aromatic heterocycles. The summed E-state index contributed by atoms with van der Waals surface area (Å²) >= 11 is 0. The molecule has 0 unspecified atom stereocenters. The van der Waals surface area contributed by atoms with Crippen molar-refractivity contribution in [3.8, 4) is 0 Å². The van der Waals surface area contributed by atoms with Crippen molar-refractivity contribution in [1.29, 1.82) is 0 Å². The highest BCUT2D eigenvalue weighted by Gasteiger charge is 2.29. The van der Waals surface area contributed by atoms with Gasteiger partial charge in [-0.3, -0.25) is 9.59 Å². The second kappa shape index (κ2) is 8.26. The minimum absolute atomic E-state index is 0.0198. The van der Waals surface area contributed by atoms with Crippen molar-refractivity contribution >= 4 is 29.3 Å². The first kappa shape index (κ1) is 18.3. The lowest BCUT2D eigenvalue weighted by Crippen LogP contribution is -2.28. The fourth-order valence-corrected chi connectivity index (χ4v) is 2.31. The van der Waals surface area contributed by atoms with Gasteiger partial charge >= 0.3 is 5.97 Å².